The molecule has 184 valence electrons. The fourth-order valence-electron chi connectivity index (χ4n) is 4.28. The molecule has 1 N–H and O–H groups in total. The quantitative estimate of drug-likeness (QED) is 0.258. The van der Waals surface area contributed by atoms with E-state index >= 15 is 0 Å². The van der Waals surface area contributed by atoms with Crippen LogP contribution in [-0.2, 0) is 17.9 Å². The Labute approximate surface area is 208 Å². The maximum Gasteiger partial charge on any atom is 0.273 e. The standard InChI is InChI=1S/C30H26F4N2/c1-20-12-15-28(35-19-20)30(18-22-8-5-4-6-9-22,24-10-7-11-25(31)17-24)36-21(2)23-13-14-27(32)26(16-23)29(3,33)34/h4-17,19,36H,2,18H2,1,3H3. The zero-order valence-corrected chi connectivity index (χ0v) is 20.0. The van der Waals surface area contributed by atoms with E-state index in [-0.39, 0.29) is 11.3 Å². The van der Waals surface area contributed by atoms with Gasteiger partial charge in [0.05, 0.1) is 11.3 Å². The number of aryl methyl sites for hydroxylation is 1. The third-order valence-electron chi connectivity index (χ3n) is 6.13. The Morgan fingerprint density at radius 2 is 1.67 bits per heavy atom. The van der Waals surface area contributed by atoms with Gasteiger partial charge in [-0.2, -0.15) is 0 Å². The number of hydrogen-bond acceptors (Lipinski definition) is 2. The van der Waals surface area contributed by atoms with E-state index in [1.54, 1.807) is 18.3 Å². The van der Waals surface area contributed by atoms with E-state index in [9.17, 15) is 17.6 Å². The lowest BCUT2D eigenvalue weighted by Gasteiger charge is -2.37. The molecule has 0 bridgehead atoms. The summed E-state index contributed by atoms with van der Waals surface area (Å²) in [6.45, 7) is 6.65. The highest BCUT2D eigenvalue weighted by Gasteiger charge is 2.37. The van der Waals surface area contributed by atoms with Crippen LogP contribution >= 0.6 is 0 Å². The molecule has 3 aromatic carbocycles. The van der Waals surface area contributed by atoms with Crippen molar-refractivity contribution in [1.82, 2.24) is 10.3 Å². The summed E-state index contributed by atoms with van der Waals surface area (Å²) in [4.78, 5) is 4.66. The number of benzene rings is 3. The summed E-state index contributed by atoms with van der Waals surface area (Å²) >= 11 is 0. The molecular weight excluding hydrogens is 464 g/mol. The lowest BCUT2D eigenvalue weighted by atomic mass is 9.79. The number of rotatable bonds is 8. The molecule has 1 unspecified atom stereocenters. The van der Waals surface area contributed by atoms with Gasteiger partial charge in [0, 0.05) is 25.2 Å². The van der Waals surface area contributed by atoms with Crippen LogP contribution in [0.3, 0.4) is 0 Å². The van der Waals surface area contributed by atoms with Crippen molar-refractivity contribution in [2.75, 3.05) is 0 Å². The molecule has 6 heteroatoms. The van der Waals surface area contributed by atoms with Gasteiger partial charge in [0.2, 0.25) is 0 Å². The molecule has 4 aromatic rings. The van der Waals surface area contributed by atoms with E-state index in [4.69, 9.17) is 0 Å². The molecule has 1 heterocycles. The van der Waals surface area contributed by atoms with Gasteiger partial charge in [-0.1, -0.05) is 55.1 Å². The van der Waals surface area contributed by atoms with Crippen LogP contribution in [0.2, 0.25) is 0 Å². The first-order chi connectivity index (χ1) is 17.1. The van der Waals surface area contributed by atoms with E-state index in [0.29, 0.717) is 24.6 Å². The van der Waals surface area contributed by atoms with Crippen molar-refractivity contribution in [1.29, 1.82) is 0 Å². The van der Waals surface area contributed by atoms with Crippen LogP contribution < -0.4 is 5.32 Å². The number of nitrogens with one attached hydrogen (secondary N) is 1. The van der Waals surface area contributed by atoms with Crippen molar-refractivity contribution in [3.05, 3.63) is 143 Å². The number of alkyl halides is 2. The molecule has 0 aliphatic rings. The van der Waals surface area contributed by atoms with Gasteiger partial charge >= 0.3 is 0 Å². The van der Waals surface area contributed by atoms with Crippen LogP contribution in [-0.4, -0.2) is 4.98 Å². The van der Waals surface area contributed by atoms with Crippen LogP contribution in [0.5, 0.6) is 0 Å². The predicted octanol–water partition coefficient (Wildman–Crippen LogP) is 7.53. The zero-order valence-electron chi connectivity index (χ0n) is 20.0. The van der Waals surface area contributed by atoms with E-state index in [0.717, 1.165) is 23.3 Å². The van der Waals surface area contributed by atoms with E-state index < -0.39 is 28.7 Å². The summed E-state index contributed by atoms with van der Waals surface area (Å²) in [6.07, 6.45) is 2.07. The van der Waals surface area contributed by atoms with Crippen molar-refractivity contribution in [2.45, 2.75) is 31.7 Å². The van der Waals surface area contributed by atoms with Crippen molar-refractivity contribution >= 4 is 5.70 Å². The molecular formula is C30H26F4N2. The Bertz CT molecular complexity index is 1360. The average molecular weight is 491 g/mol. The van der Waals surface area contributed by atoms with Gasteiger partial charge in [0.15, 0.2) is 0 Å². The van der Waals surface area contributed by atoms with Crippen LogP contribution in [0.15, 0.2) is 97.7 Å². The Kier molecular flexibility index (Phi) is 6.97. The smallest absolute Gasteiger partial charge is 0.273 e. The number of nitrogens with zero attached hydrogens (tertiary/aromatic N) is 1. The second-order valence-electron chi connectivity index (χ2n) is 8.99. The second kappa shape index (κ2) is 9.97. The SMILES string of the molecule is C=C(NC(Cc1ccccc1)(c1cccc(F)c1)c1ccc(C)cn1)c1ccc(F)c(C(C)(F)F)c1. The van der Waals surface area contributed by atoms with Crippen LogP contribution in [0, 0.1) is 18.6 Å². The third kappa shape index (κ3) is 5.33. The van der Waals surface area contributed by atoms with Gasteiger partial charge in [-0.15, -0.1) is 0 Å². The fraction of sp³-hybridized carbons (Fsp3) is 0.167. The van der Waals surface area contributed by atoms with Crippen LogP contribution in [0.4, 0.5) is 17.6 Å². The van der Waals surface area contributed by atoms with Gasteiger partial charge in [-0.25, -0.2) is 17.6 Å². The highest BCUT2D eigenvalue weighted by atomic mass is 19.3. The highest BCUT2D eigenvalue weighted by Crippen LogP contribution is 2.36. The molecule has 0 radical (unpaired) electrons. The first kappa shape index (κ1) is 25.2. The van der Waals surface area contributed by atoms with Crippen LogP contribution in [0.1, 0.15) is 40.4 Å². The number of aromatic nitrogens is 1. The Morgan fingerprint density at radius 1 is 0.917 bits per heavy atom. The maximum absolute atomic E-state index is 14.5. The van der Waals surface area contributed by atoms with Gasteiger partial charge in [0.25, 0.3) is 5.92 Å². The first-order valence-electron chi connectivity index (χ1n) is 11.5. The predicted molar refractivity (Wildman–Crippen MR) is 134 cm³/mol. The topological polar surface area (TPSA) is 24.9 Å². The zero-order chi connectivity index (χ0) is 25.9. The normalized spacial score (nSPS) is 13.2. The van der Waals surface area contributed by atoms with E-state index in [1.807, 2.05) is 49.4 Å². The van der Waals surface area contributed by atoms with Gasteiger partial charge < -0.3 is 5.32 Å². The molecule has 0 amide bonds. The maximum atomic E-state index is 14.5. The molecule has 0 spiro atoms. The average Bonchev–Trinajstić information content (AvgIpc) is 2.84. The first-order valence-corrected chi connectivity index (χ1v) is 11.5. The van der Waals surface area contributed by atoms with Crippen LogP contribution in [0.25, 0.3) is 5.70 Å². The van der Waals surface area contributed by atoms with Gasteiger partial charge in [-0.05, 0) is 65.6 Å². The number of hydrogen-bond donors (Lipinski definition) is 1. The Hall–Kier alpha value is -3.93. The molecule has 36 heavy (non-hydrogen) atoms. The van der Waals surface area contributed by atoms with Crippen molar-refractivity contribution < 1.29 is 17.6 Å². The number of halogens is 4. The minimum atomic E-state index is -3.37. The summed E-state index contributed by atoms with van der Waals surface area (Å²) in [6, 6.07) is 23.0. The molecule has 2 nitrogen and oxygen atoms in total. The van der Waals surface area contributed by atoms with Crippen molar-refractivity contribution in [2.24, 2.45) is 0 Å². The van der Waals surface area contributed by atoms with E-state index in [2.05, 4.69) is 16.9 Å². The fourth-order valence-corrected chi connectivity index (χ4v) is 4.28. The largest absolute Gasteiger partial charge is 0.370 e. The molecule has 0 aliphatic heterocycles. The molecule has 0 saturated carbocycles. The molecule has 0 saturated heterocycles. The molecule has 1 aromatic heterocycles. The summed E-state index contributed by atoms with van der Waals surface area (Å²) in [5, 5.41) is 3.38. The summed E-state index contributed by atoms with van der Waals surface area (Å²) in [5.74, 6) is -4.80. The summed E-state index contributed by atoms with van der Waals surface area (Å²) < 4.78 is 56.8. The van der Waals surface area contributed by atoms with Crippen molar-refractivity contribution in [3.8, 4) is 0 Å². The molecule has 0 fully saturated rings. The Balaban J connectivity index is 1.90. The van der Waals surface area contributed by atoms with E-state index in [1.165, 1.54) is 18.2 Å². The lowest BCUT2D eigenvalue weighted by molar-refractivity contribution is 0.0137. The Morgan fingerprint density at radius 3 is 2.31 bits per heavy atom. The molecule has 4 rings (SSSR count). The number of pyridine rings is 1. The van der Waals surface area contributed by atoms with Crippen molar-refractivity contribution in [3.63, 3.8) is 0 Å². The minimum absolute atomic E-state index is 0.267. The van der Waals surface area contributed by atoms with Gasteiger partial charge in [-0.3, -0.25) is 4.98 Å². The molecule has 0 aliphatic carbocycles. The summed E-state index contributed by atoms with van der Waals surface area (Å²) in [5.41, 5.74) is 1.76. The van der Waals surface area contributed by atoms with Gasteiger partial charge in [0.1, 0.15) is 17.2 Å². The summed E-state index contributed by atoms with van der Waals surface area (Å²) in [7, 11) is 0. The third-order valence-corrected chi connectivity index (χ3v) is 6.13. The highest BCUT2D eigenvalue weighted by molar-refractivity contribution is 5.65. The second-order valence-corrected chi connectivity index (χ2v) is 8.99. The monoisotopic (exact) mass is 490 g/mol. The minimum Gasteiger partial charge on any atom is -0.370 e. The molecule has 1 atom stereocenters. The lowest BCUT2D eigenvalue weighted by Crippen LogP contribution is -2.45.